The largest absolute Gasteiger partial charge is 0.356 e. The van der Waals surface area contributed by atoms with Crippen molar-refractivity contribution in [3.63, 3.8) is 0 Å². The van der Waals surface area contributed by atoms with Crippen molar-refractivity contribution in [2.24, 2.45) is 5.92 Å². The predicted octanol–water partition coefficient (Wildman–Crippen LogP) is 2.69. The number of hydrogen-bond donors (Lipinski definition) is 1. The maximum Gasteiger partial charge on any atom is 0.258 e. The number of nitrogens with zero attached hydrogens (tertiary/aromatic N) is 2. The molecule has 1 aliphatic carbocycles. The first-order chi connectivity index (χ1) is 11.1. The summed E-state index contributed by atoms with van der Waals surface area (Å²) in [6.07, 6.45) is 7.48. The van der Waals surface area contributed by atoms with E-state index in [2.05, 4.69) is 10.3 Å². The van der Waals surface area contributed by atoms with Crippen molar-refractivity contribution in [1.82, 2.24) is 14.7 Å². The van der Waals surface area contributed by atoms with E-state index in [0.717, 1.165) is 28.7 Å². The van der Waals surface area contributed by atoms with Crippen LogP contribution >= 0.6 is 11.3 Å². The molecule has 2 aromatic heterocycles. The van der Waals surface area contributed by atoms with Gasteiger partial charge in [-0.05, 0) is 19.3 Å². The van der Waals surface area contributed by atoms with Crippen molar-refractivity contribution < 1.29 is 4.79 Å². The van der Waals surface area contributed by atoms with Crippen LogP contribution in [0.4, 0.5) is 0 Å². The van der Waals surface area contributed by atoms with Gasteiger partial charge in [0, 0.05) is 42.2 Å². The van der Waals surface area contributed by atoms with Crippen LogP contribution in [0.3, 0.4) is 0 Å². The lowest BCUT2D eigenvalue weighted by molar-refractivity contribution is -0.121. The first kappa shape index (κ1) is 16.2. The molecule has 0 saturated heterocycles. The van der Waals surface area contributed by atoms with Crippen LogP contribution in [0.25, 0.3) is 4.96 Å². The number of carbonyl (C=O) groups excluding carboxylic acids is 1. The Bertz CT molecular complexity index is 744. The minimum atomic E-state index is -0.0451. The number of aryl methyl sites for hydroxylation is 1. The van der Waals surface area contributed by atoms with Gasteiger partial charge in [0.15, 0.2) is 4.96 Å². The van der Waals surface area contributed by atoms with E-state index in [9.17, 15) is 9.59 Å². The van der Waals surface area contributed by atoms with E-state index in [4.69, 9.17) is 0 Å². The normalized spacial score (nSPS) is 15.3. The Labute approximate surface area is 139 Å². The summed E-state index contributed by atoms with van der Waals surface area (Å²) in [6, 6.07) is 1.55. The second kappa shape index (κ2) is 7.25. The van der Waals surface area contributed by atoms with Crippen LogP contribution in [0.5, 0.6) is 0 Å². The predicted molar refractivity (Wildman–Crippen MR) is 92.0 cm³/mol. The molecule has 1 amide bonds. The maximum absolute atomic E-state index is 12.1. The summed E-state index contributed by atoms with van der Waals surface area (Å²) in [5.74, 6) is 0.868. The van der Waals surface area contributed by atoms with Crippen LogP contribution in [0.2, 0.25) is 0 Å². The van der Waals surface area contributed by atoms with Gasteiger partial charge in [-0.1, -0.05) is 25.7 Å². The molecular weight excluding hydrogens is 310 g/mol. The van der Waals surface area contributed by atoms with Crippen LogP contribution in [0.15, 0.2) is 16.2 Å². The quantitative estimate of drug-likeness (QED) is 0.884. The first-order valence-electron chi connectivity index (χ1n) is 8.37. The molecule has 0 unspecified atom stereocenters. The summed E-state index contributed by atoms with van der Waals surface area (Å²) in [4.78, 5) is 29.1. The third kappa shape index (κ3) is 3.99. The number of fused-ring (bicyclic) bond motifs is 1. The third-order valence-electron chi connectivity index (χ3n) is 4.56. The molecule has 0 spiro atoms. The number of nitrogens with one attached hydrogen (secondary N) is 1. The second-order valence-corrected chi connectivity index (χ2v) is 7.21. The number of thiazole rings is 1. The van der Waals surface area contributed by atoms with Crippen LogP contribution in [-0.4, -0.2) is 21.8 Å². The lowest BCUT2D eigenvalue weighted by atomic mass is 10.0. The number of amides is 1. The SMILES string of the molecule is Cc1cc(=O)n2c(CCNC(=O)CCC3CCCC3)csc2n1. The van der Waals surface area contributed by atoms with Crippen molar-refractivity contribution in [1.29, 1.82) is 0 Å². The molecular formula is C17H23N3O2S. The van der Waals surface area contributed by atoms with Gasteiger partial charge in [0.25, 0.3) is 5.56 Å². The first-order valence-corrected chi connectivity index (χ1v) is 9.25. The molecule has 0 atom stereocenters. The zero-order valence-corrected chi connectivity index (χ0v) is 14.3. The molecule has 23 heavy (non-hydrogen) atoms. The number of rotatable bonds is 6. The van der Waals surface area contributed by atoms with Gasteiger partial charge < -0.3 is 5.32 Å². The smallest absolute Gasteiger partial charge is 0.258 e. The van der Waals surface area contributed by atoms with Crippen molar-refractivity contribution >= 4 is 22.2 Å². The molecule has 5 nitrogen and oxygen atoms in total. The Kier molecular flexibility index (Phi) is 5.10. The third-order valence-corrected chi connectivity index (χ3v) is 5.44. The fraction of sp³-hybridized carbons (Fsp3) is 0.588. The summed E-state index contributed by atoms with van der Waals surface area (Å²) in [7, 11) is 0. The van der Waals surface area contributed by atoms with E-state index < -0.39 is 0 Å². The second-order valence-electron chi connectivity index (χ2n) is 6.37. The number of hydrogen-bond acceptors (Lipinski definition) is 4. The Hall–Kier alpha value is -1.69. The molecule has 0 radical (unpaired) electrons. The molecule has 1 N–H and O–H groups in total. The van der Waals surface area contributed by atoms with E-state index in [1.165, 1.54) is 37.0 Å². The van der Waals surface area contributed by atoms with E-state index in [1.54, 1.807) is 10.5 Å². The van der Waals surface area contributed by atoms with Gasteiger partial charge in [0.1, 0.15) is 0 Å². The molecule has 3 rings (SSSR count). The Morgan fingerprint density at radius 1 is 1.43 bits per heavy atom. The van der Waals surface area contributed by atoms with Gasteiger partial charge in [0.2, 0.25) is 5.91 Å². The Morgan fingerprint density at radius 2 is 2.22 bits per heavy atom. The van der Waals surface area contributed by atoms with Crippen molar-refractivity contribution in [3.8, 4) is 0 Å². The van der Waals surface area contributed by atoms with E-state index >= 15 is 0 Å². The highest BCUT2D eigenvalue weighted by Crippen LogP contribution is 2.28. The molecule has 0 aromatic carbocycles. The topological polar surface area (TPSA) is 63.5 Å². The number of aromatic nitrogens is 2. The Morgan fingerprint density at radius 3 is 3.00 bits per heavy atom. The summed E-state index contributed by atoms with van der Waals surface area (Å²) >= 11 is 1.47. The standard InChI is InChI=1S/C17H23N3O2S/c1-12-10-16(22)20-14(11-23-17(20)19-12)8-9-18-15(21)7-6-13-4-2-3-5-13/h10-11,13H,2-9H2,1H3,(H,18,21). The zero-order chi connectivity index (χ0) is 16.2. The maximum atomic E-state index is 12.1. The van der Waals surface area contributed by atoms with Crippen LogP contribution in [0, 0.1) is 12.8 Å². The molecule has 2 aromatic rings. The van der Waals surface area contributed by atoms with Crippen molar-refractivity contribution in [2.45, 2.75) is 51.9 Å². The van der Waals surface area contributed by atoms with E-state index in [0.29, 0.717) is 19.4 Å². The molecule has 124 valence electrons. The summed E-state index contributed by atoms with van der Waals surface area (Å²) < 4.78 is 1.64. The molecule has 0 bridgehead atoms. The van der Waals surface area contributed by atoms with E-state index in [-0.39, 0.29) is 11.5 Å². The summed E-state index contributed by atoms with van der Waals surface area (Å²) in [6.45, 7) is 2.39. The monoisotopic (exact) mass is 333 g/mol. The van der Waals surface area contributed by atoms with Gasteiger partial charge in [0.05, 0.1) is 0 Å². The van der Waals surface area contributed by atoms with Crippen LogP contribution in [0.1, 0.15) is 49.9 Å². The molecule has 1 aliphatic rings. The fourth-order valence-electron chi connectivity index (χ4n) is 3.31. The average molecular weight is 333 g/mol. The van der Waals surface area contributed by atoms with Gasteiger partial charge in [-0.2, -0.15) is 0 Å². The lowest BCUT2D eigenvalue weighted by Crippen LogP contribution is -2.27. The van der Waals surface area contributed by atoms with Gasteiger partial charge in [-0.25, -0.2) is 4.98 Å². The summed E-state index contributed by atoms with van der Waals surface area (Å²) in [5, 5.41) is 4.92. The van der Waals surface area contributed by atoms with Crippen LogP contribution < -0.4 is 10.9 Å². The van der Waals surface area contributed by atoms with Gasteiger partial charge in [-0.3, -0.25) is 14.0 Å². The average Bonchev–Trinajstić information content (AvgIpc) is 3.15. The molecule has 2 heterocycles. The van der Waals surface area contributed by atoms with Gasteiger partial charge >= 0.3 is 0 Å². The molecule has 1 saturated carbocycles. The highest BCUT2D eigenvalue weighted by molar-refractivity contribution is 7.15. The summed E-state index contributed by atoms with van der Waals surface area (Å²) in [5.41, 5.74) is 1.61. The molecule has 1 fully saturated rings. The zero-order valence-electron chi connectivity index (χ0n) is 13.5. The Balaban J connectivity index is 1.50. The number of carbonyl (C=O) groups is 1. The highest BCUT2D eigenvalue weighted by Gasteiger charge is 2.16. The molecule has 0 aliphatic heterocycles. The molecule has 6 heteroatoms. The van der Waals surface area contributed by atoms with Crippen molar-refractivity contribution in [2.75, 3.05) is 6.54 Å². The van der Waals surface area contributed by atoms with Crippen molar-refractivity contribution in [3.05, 3.63) is 33.2 Å². The van der Waals surface area contributed by atoms with Crippen LogP contribution in [-0.2, 0) is 11.2 Å². The minimum absolute atomic E-state index is 0.0451. The lowest BCUT2D eigenvalue weighted by Gasteiger charge is -2.09. The minimum Gasteiger partial charge on any atom is -0.356 e. The highest BCUT2D eigenvalue weighted by atomic mass is 32.1. The fourth-order valence-corrected chi connectivity index (χ4v) is 4.28. The van der Waals surface area contributed by atoms with E-state index in [1.807, 2.05) is 12.3 Å². The van der Waals surface area contributed by atoms with Gasteiger partial charge in [-0.15, -0.1) is 11.3 Å².